The van der Waals surface area contributed by atoms with Gasteiger partial charge in [0.1, 0.15) is 11.6 Å². The molecule has 6 nitrogen and oxygen atoms in total. The Morgan fingerprint density at radius 1 is 0.879 bits per heavy atom. The van der Waals surface area contributed by atoms with Gasteiger partial charge in [0.05, 0.1) is 37.8 Å². The third-order valence-electron chi connectivity index (χ3n) is 5.45. The van der Waals surface area contributed by atoms with Gasteiger partial charge in [-0.3, -0.25) is 9.59 Å². The fraction of sp³-hybridized carbons (Fsp3) is 0.154. The van der Waals surface area contributed by atoms with E-state index >= 15 is 0 Å². The average molecular weight is 447 g/mol. The van der Waals surface area contributed by atoms with E-state index in [9.17, 15) is 14.0 Å². The molecule has 1 heterocycles. The lowest BCUT2D eigenvalue weighted by Crippen LogP contribution is -2.20. The molecule has 0 spiro atoms. The fourth-order valence-electron chi connectivity index (χ4n) is 3.69. The Morgan fingerprint density at radius 2 is 1.52 bits per heavy atom. The Balaban J connectivity index is 1.92. The highest BCUT2D eigenvalue weighted by molar-refractivity contribution is 6.10. The SMILES string of the molecule is COc1ccc(Cn2cc(C(=O)c3ccc(F)cc3)c(=O)c3cc(OC)c(OC)cc32)cc1. The minimum absolute atomic E-state index is 0.0187. The van der Waals surface area contributed by atoms with Crippen molar-refractivity contribution >= 4 is 16.7 Å². The van der Waals surface area contributed by atoms with Crippen molar-refractivity contribution in [2.75, 3.05) is 21.3 Å². The van der Waals surface area contributed by atoms with Crippen LogP contribution in [0.4, 0.5) is 4.39 Å². The molecule has 0 radical (unpaired) electrons. The molecule has 168 valence electrons. The van der Waals surface area contributed by atoms with Crippen molar-refractivity contribution in [3.8, 4) is 17.2 Å². The molecule has 4 aromatic rings. The van der Waals surface area contributed by atoms with Crippen molar-refractivity contribution < 1.29 is 23.4 Å². The number of nitrogens with zero attached hydrogens (tertiary/aromatic N) is 1. The quantitative estimate of drug-likeness (QED) is 0.392. The van der Waals surface area contributed by atoms with Gasteiger partial charge in [-0.15, -0.1) is 0 Å². The monoisotopic (exact) mass is 447 g/mol. The molecule has 0 N–H and O–H groups in total. The smallest absolute Gasteiger partial charge is 0.200 e. The van der Waals surface area contributed by atoms with Crippen molar-refractivity contribution in [2.45, 2.75) is 6.54 Å². The number of carbonyl (C=O) groups excluding carboxylic acids is 1. The number of methoxy groups -OCH3 is 3. The van der Waals surface area contributed by atoms with E-state index in [1.54, 1.807) is 19.2 Å². The zero-order chi connectivity index (χ0) is 23.5. The third kappa shape index (κ3) is 4.30. The van der Waals surface area contributed by atoms with Gasteiger partial charge in [0.2, 0.25) is 5.43 Å². The van der Waals surface area contributed by atoms with Gasteiger partial charge >= 0.3 is 0 Å². The Bertz CT molecular complexity index is 1380. The van der Waals surface area contributed by atoms with E-state index in [2.05, 4.69) is 0 Å². The van der Waals surface area contributed by atoms with Crippen molar-refractivity contribution in [2.24, 2.45) is 0 Å². The number of benzene rings is 3. The first-order valence-electron chi connectivity index (χ1n) is 10.2. The number of aromatic nitrogens is 1. The first kappa shape index (κ1) is 22.1. The topological polar surface area (TPSA) is 66.8 Å². The number of carbonyl (C=O) groups is 1. The highest BCUT2D eigenvalue weighted by Crippen LogP contribution is 2.31. The maximum atomic E-state index is 13.3. The second-order valence-electron chi connectivity index (χ2n) is 7.41. The first-order chi connectivity index (χ1) is 15.9. The van der Waals surface area contributed by atoms with Gasteiger partial charge in [0.25, 0.3) is 0 Å². The van der Waals surface area contributed by atoms with Gasteiger partial charge in [-0.05, 0) is 48.0 Å². The number of hydrogen-bond acceptors (Lipinski definition) is 5. The minimum Gasteiger partial charge on any atom is -0.497 e. The molecule has 0 aliphatic heterocycles. The number of hydrogen-bond donors (Lipinski definition) is 0. The van der Waals surface area contributed by atoms with Gasteiger partial charge in [0.15, 0.2) is 17.3 Å². The number of rotatable bonds is 7. The minimum atomic E-state index is -0.486. The predicted molar refractivity (Wildman–Crippen MR) is 123 cm³/mol. The summed E-state index contributed by atoms with van der Waals surface area (Å²) in [5.41, 5.74) is 1.30. The van der Waals surface area contributed by atoms with Crippen molar-refractivity contribution in [3.63, 3.8) is 0 Å². The van der Waals surface area contributed by atoms with E-state index < -0.39 is 17.0 Å². The van der Waals surface area contributed by atoms with Crippen molar-refractivity contribution in [1.82, 2.24) is 4.57 Å². The molecule has 0 saturated heterocycles. The van der Waals surface area contributed by atoms with Crippen LogP contribution in [0.5, 0.6) is 17.2 Å². The fourth-order valence-corrected chi connectivity index (χ4v) is 3.69. The van der Waals surface area contributed by atoms with Crippen LogP contribution in [0.25, 0.3) is 10.9 Å². The van der Waals surface area contributed by atoms with Crippen molar-refractivity contribution in [1.29, 1.82) is 0 Å². The first-order valence-corrected chi connectivity index (χ1v) is 10.2. The van der Waals surface area contributed by atoms with Crippen LogP contribution in [-0.4, -0.2) is 31.7 Å². The maximum Gasteiger partial charge on any atom is 0.200 e. The molecular formula is C26H22FNO5. The summed E-state index contributed by atoms with van der Waals surface area (Å²) in [7, 11) is 4.59. The van der Waals surface area contributed by atoms with Gasteiger partial charge in [0, 0.05) is 24.4 Å². The lowest BCUT2D eigenvalue weighted by molar-refractivity contribution is 0.103. The van der Waals surface area contributed by atoms with Gasteiger partial charge in [-0.25, -0.2) is 4.39 Å². The molecule has 0 bridgehead atoms. The summed E-state index contributed by atoms with van der Waals surface area (Å²) in [4.78, 5) is 26.5. The summed E-state index contributed by atoms with van der Waals surface area (Å²) in [6.07, 6.45) is 1.53. The van der Waals surface area contributed by atoms with E-state index in [-0.39, 0.29) is 11.1 Å². The molecule has 0 amide bonds. The van der Waals surface area contributed by atoms with Crippen LogP contribution < -0.4 is 19.6 Å². The molecule has 0 unspecified atom stereocenters. The molecule has 7 heteroatoms. The highest BCUT2D eigenvalue weighted by Gasteiger charge is 2.19. The molecule has 0 saturated carbocycles. The lowest BCUT2D eigenvalue weighted by Gasteiger charge is -2.16. The number of pyridine rings is 1. The van der Waals surface area contributed by atoms with Crippen LogP contribution in [0.3, 0.4) is 0 Å². The lowest BCUT2D eigenvalue weighted by atomic mass is 10.0. The number of fused-ring (bicyclic) bond motifs is 1. The Kier molecular flexibility index (Phi) is 6.13. The number of halogens is 1. The van der Waals surface area contributed by atoms with E-state index in [1.807, 2.05) is 28.8 Å². The molecule has 33 heavy (non-hydrogen) atoms. The van der Waals surface area contributed by atoms with Gasteiger partial charge in [-0.2, -0.15) is 0 Å². The average Bonchev–Trinajstić information content (AvgIpc) is 2.85. The molecule has 3 aromatic carbocycles. The second kappa shape index (κ2) is 9.16. The highest BCUT2D eigenvalue weighted by atomic mass is 19.1. The van der Waals surface area contributed by atoms with E-state index in [0.29, 0.717) is 28.9 Å². The molecule has 1 aromatic heterocycles. The van der Waals surface area contributed by atoms with E-state index in [4.69, 9.17) is 14.2 Å². The van der Waals surface area contributed by atoms with Crippen LogP contribution in [0.15, 0.2) is 71.7 Å². The summed E-state index contributed by atoms with van der Waals surface area (Å²) in [5, 5.41) is 0.314. The molecule has 0 aliphatic rings. The number of ketones is 1. The Hall–Kier alpha value is -4.13. The summed E-state index contributed by atoms with van der Waals surface area (Å²) < 4.78 is 31.2. The largest absolute Gasteiger partial charge is 0.497 e. The summed E-state index contributed by atoms with van der Waals surface area (Å²) in [5.74, 6) is 0.621. The van der Waals surface area contributed by atoms with Crippen LogP contribution in [-0.2, 0) is 6.54 Å². The predicted octanol–water partition coefficient (Wildman–Crippen LogP) is 4.45. The summed E-state index contributed by atoms with van der Waals surface area (Å²) in [6.45, 7) is 0.389. The molecule has 0 atom stereocenters. The third-order valence-corrected chi connectivity index (χ3v) is 5.45. The Morgan fingerprint density at radius 3 is 2.12 bits per heavy atom. The van der Waals surface area contributed by atoms with Gasteiger partial charge in [-0.1, -0.05) is 12.1 Å². The number of ether oxygens (including phenoxy) is 3. The van der Waals surface area contributed by atoms with E-state index in [0.717, 1.165) is 11.3 Å². The Labute approximate surface area is 189 Å². The zero-order valence-corrected chi connectivity index (χ0v) is 18.4. The van der Waals surface area contributed by atoms with Crippen molar-refractivity contribution in [3.05, 3.63) is 99.6 Å². The molecule has 0 fully saturated rings. The molecule has 4 rings (SSSR count). The standard InChI is InChI=1S/C26H22FNO5/c1-31-19-10-4-16(5-11-19)14-28-15-21(25(29)17-6-8-18(27)9-7-17)26(30)20-12-23(32-2)24(33-3)13-22(20)28/h4-13,15H,14H2,1-3H3. The second-order valence-corrected chi connectivity index (χ2v) is 7.41. The zero-order valence-electron chi connectivity index (χ0n) is 18.4. The molecule has 0 aliphatic carbocycles. The summed E-state index contributed by atoms with van der Waals surface area (Å²) >= 11 is 0. The van der Waals surface area contributed by atoms with Crippen LogP contribution in [0.1, 0.15) is 21.5 Å². The molecular weight excluding hydrogens is 425 g/mol. The van der Waals surface area contributed by atoms with E-state index in [1.165, 1.54) is 44.7 Å². The summed E-state index contributed by atoms with van der Waals surface area (Å²) in [6, 6.07) is 15.9. The maximum absolute atomic E-state index is 13.3. The van der Waals surface area contributed by atoms with Crippen LogP contribution in [0.2, 0.25) is 0 Å². The van der Waals surface area contributed by atoms with Gasteiger partial charge < -0.3 is 18.8 Å². The van der Waals surface area contributed by atoms with Crippen LogP contribution >= 0.6 is 0 Å². The van der Waals surface area contributed by atoms with Crippen LogP contribution in [0, 0.1) is 5.82 Å². The normalized spacial score (nSPS) is 10.8.